The van der Waals surface area contributed by atoms with Crippen molar-refractivity contribution in [3.8, 4) is 11.1 Å². The molecule has 0 saturated heterocycles. The van der Waals surface area contributed by atoms with E-state index in [9.17, 15) is 18.0 Å². The molecule has 0 aromatic heterocycles. The first kappa shape index (κ1) is 16.0. The van der Waals surface area contributed by atoms with E-state index < -0.39 is 17.5 Å². The Morgan fingerprint density at radius 3 is 2.14 bits per heavy atom. The van der Waals surface area contributed by atoms with Crippen LogP contribution in [0.5, 0.6) is 0 Å². The topological polar surface area (TPSA) is 49.3 Å². The first-order valence-corrected chi connectivity index (χ1v) is 6.59. The molecule has 2 rings (SSSR count). The summed E-state index contributed by atoms with van der Waals surface area (Å²) in [7, 11) is 0. The molecule has 0 fully saturated rings. The van der Waals surface area contributed by atoms with Gasteiger partial charge in [0.2, 0.25) is 0 Å². The maximum Gasteiger partial charge on any atom is 0.251 e. The Labute approximate surface area is 125 Å². The van der Waals surface area contributed by atoms with Crippen LogP contribution in [0.25, 0.3) is 11.1 Å². The molecule has 1 atom stereocenters. The molecule has 2 aromatic rings. The van der Waals surface area contributed by atoms with E-state index in [2.05, 4.69) is 5.32 Å². The molecule has 0 aliphatic carbocycles. The predicted octanol–water partition coefficient (Wildman–Crippen LogP) is 2.88. The van der Waals surface area contributed by atoms with Crippen LogP contribution in [0.2, 0.25) is 0 Å². The van der Waals surface area contributed by atoms with Crippen LogP contribution in [0, 0.1) is 17.5 Å². The van der Waals surface area contributed by atoms with Crippen LogP contribution in [0.3, 0.4) is 0 Å². The number of amides is 1. The fourth-order valence-electron chi connectivity index (χ4n) is 1.89. The minimum atomic E-state index is -1.52. The number of carbonyl (C=O) groups is 1. The lowest BCUT2D eigenvalue weighted by molar-refractivity contribution is 0.0922. The zero-order chi connectivity index (χ0) is 16.3. The van der Waals surface area contributed by atoms with Crippen LogP contribution >= 0.6 is 0 Å². The van der Waals surface area contributed by atoms with Gasteiger partial charge in [0, 0.05) is 11.6 Å². The van der Waals surface area contributed by atoms with Crippen molar-refractivity contribution in [3.63, 3.8) is 0 Å². The molecule has 116 valence electrons. The van der Waals surface area contributed by atoms with Crippen LogP contribution < -0.4 is 5.32 Å². The Hall–Kier alpha value is -2.34. The van der Waals surface area contributed by atoms with Crippen molar-refractivity contribution in [1.29, 1.82) is 0 Å². The lowest BCUT2D eigenvalue weighted by atomic mass is 10.0. The maximum atomic E-state index is 13.2. The van der Waals surface area contributed by atoms with Crippen LogP contribution in [-0.4, -0.2) is 23.7 Å². The van der Waals surface area contributed by atoms with E-state index in [0.717, 1.165) is 12.1 Å². The highest BCUT2D eigenvalue weighted by Gasteiger charge is 2.13. The Balaban J connectivity index is 2.24. The average molecular weight is 309 g/mol. The fourth-order valence-corrected chi connectivity index (χ4v) is 1.89. The molecule has 0 aliphatic rings. The van der Waals surface area contributed by atoms with E-state index in [-0.39, 0.29) is 24.1 Å². The number of aliphatic hydroxyl groups is 1. The molecule has 2 aromatic carbocycles. The Morgan fingerprint density at radius 1 is 1.09 bits per heavy atom. The number of hydrogen-bond donors (Lipinski definition) is 2. The van der Waals surface area contributed by atoms with Gasteiger partial charge in [-0.3, -0.25) is 4.79 Å². The van der Waals surface area contributed by atoms with E-state index in [1.807, 2.05) is 0 Å². The molecule has 22 heavy (non-hydrogen) atoms. The van der Waals surface area contributed by atoms with E-state index in [1.54, 1.807) is 6.92 Å². The number of halogens is 3. The molecule has 0 aliphatic heterocycles. The molecule has 0 radical (unpaired) electrons. The quantitative estimate of drug-likeness (QED) is 0.853. The van der Waals surface area contributed by atoms with Gasteiger partial charge < -0.3 is 10.4 Å². The molecular formula is C16H14F3NO2. The van der Waals surface area contributed by atoms with Crippen molar-refractivity contribution >= 4 is 5.91 Å². The van der Waals surface area contributed by atoms with Crippen molar-refractivity contribution in [3.05, 3.63) is 59.4 Å². The summed E-state index contributed by atoms with van der Waals surface area (Å²) in [6.07, 6.45) is 0. The third-order valence-corrected chi connectivity index (χ3v) is 3.12. The van der Waals surface area contributed by atoms with Gasteiger partial charge in [-0.25, -0.2) is 13.2 Å². The van der Waals surface area contributed by atoms with Crippen molar-refractivity contribution < 1.29 is 23.1 Å². The van der Waals surface area contributed by atoms with Crippen molar-refractivity contribution in [2.45, 2.75) is 13.0 Å². The molecule has 3 nitrogen and oxygen atoms in total. The van der Waals surface area contributed by atoms with Gasteiger partial charge in [-0.2, -0.15) is 0 Å². The number of carbonyl (C=O) groups excluding carboxylic acids is 1. The lowest BCUT2D eigenvalue weighted by Crippen LogP contribution is -2.34. The molecule has 0 heterocycles. The van der Waals surface area contributed by atoms with Crippen LogP contribution in [0.15, 0.2) is 36.4 Å². The van der Waals surface area contributed by atoms with Crippen LogP contribution in [0.1, 0.15) is 17.3 Å². The molecule has 0 bridgehead atoms. The standard InChI is InChI=1S/C16H14F3NO2/c1-9(8-21)20-16(22)11-4-2-10(3-5-11)12-6-13(17)15(19)14(18)7-12/h2-7,9,21H,8H2,1H3,(H,20,22). The summed E-state index contributed by atoms with van der Waals surface area (Å²) in [5.74, 6) is -4.43. The van der Waals surface area contributed by atoms with Gasteiger partial charge in [0.1, 0.15) is 0 Å². The minimum Gasteiger partial charge on any atom is -0.394 e. The van der Waals surface area contributed by atoms with Crippen molar-refractivity contribution in [2.24, 2.45) is 0 Å². The third-order valence-electron chi connectivity index (χ3n) is 3.12. The number of hydrogen-bond acceptors (Lipinski definition) is 2. The van der Waals surface area contributed by atoms with E-state index in [0.29, 0.717) is 11.1 Å². The molecule has 1 unspecified atom stereocenters. The lowest BCUT2D eigenvalue weighted by Gasteiger charge is -2.11. The molecule has 1 amide bonds. The third kappa shape index (κ3) is 3.46. The van der Waals surface area contributed by atoms with Gasteiger partial charge in [-0.05, 0) is 42.3 Å². The molecule has 6 heteroatoms. The SMILES string of the molecule is CC(CO)NC(=O)c1ccc(-c2cc(F)c(F)c(F)c2)cc1. The summed E-state index contributed by atoms with van der Waals surface area (Å²) in [6, 6.07) is 7.37. The number of benzene rings is 2. The smallest absolute Gasteiger partial charge is 0.251 e. The highest BCUT2D eigenvalue weighted by atomic mass is 19.2. The number of aliphatic hydroxyl groups excluding tert-OH is 1. The Morgan fingerprint density at radius 2 is 1.64 bits per heavy atom. The van der Waals surface area contributed by atoms with E-state index >= 15 is 0 Å². The van der Waals surface area contributed by atoms with Crippen molar-refractivity contribution in [2.75, 3.05) is 6.61 Å². The second kappa shape index (κ2) is 6.62. The fraction of sp³-hybridized carbons (Fsp3) is 0.188. The Bertz CT molecular complexity index is 663. The second-order valence-corrected chi connectivity index (χ2v) is 4.89. The average Bonchev–Trinajstić information content (AvgIpc) is 2.52. The normalized spacial score (nSPS) is 12.0. The number of rotatable bonds is 4. The molecule has 2 N–H and O–H groups in total. The van der Waals surface area contributed by atoms with Crippen LogP contribution in [0.4, 0.5) is 13.2 Å². The largest absolute Gasteiger partial charge is 0.394 e. The second-order valence-electron chi connectivity index (χ2n) is 4.89. The summed E-state index contributed by atoms with van der Waals surface area (Å²) in [5, 5.41) is 11.5. The summed E-state index contributed by atoms with van der Waals surface area (Å²) < 4.78 is 39.4. The summed E-state index contributed by atoms with van der Waals surface area (Å²) in [6.45, 7) is 1.47. The van der Waals surface area contributed by atoms with Gasteiger partial charge in [0.05, 0.1) is 6.61 Å². The van der Waals surface area contributed by atoms with E-state index in [4.69, 9.17) is 5.11 Å². The number of nitrogens with one attached hydrogen (secondary N) is 1. The highest BCUT2D eigenvalue weighted by Crippen LogP contribution is 2.24. The summed E-state index contributed by atoms with van der Waals surface area (Å²) >= 11 is 0. The maximum absolute atomic E-state index is 13.2. The van der Waals surface area contributed by atoms with Crippen molar-refractivity contribution in [1.82, 2.24) is 5.32 Å². The molecule has 0 saturated carbocycles. The first-order chi connectivity index (χ1) is 10.4. The molecular weight excluding hydrogens is 295 g/mol. The monoisotopic (exact) mass is 309 g/mol. The summed E-state index contributed by atoms with van der Waals surface area (Å²) in [4.78, 5) is 11.8. The van der Waals surface area contributed by atoms with Crippen LogP contribution in [-0.2, 0) is 0 Å². The van der Waals surface area contributed by atoms with Gasteiger partial charge in [-0.1, -0.05) is 12.1 Å². The predicted molar refractivity (Wildman–Crippen MR) is 75.8 cm³/mol. The Kier molecular flexibility index (Phi) is 4.82. The first-order valence-electron chi connectivity index (χ1n) is 6.59. The highest BCUT2D eigenvalue weighted by molar-refractivity contribution is 5.94. The zero-order valence-electron chi connectivity index (χ0n) is 11.7. The molecule has 0 spiro atoms. The van der Waals surface area contributed by atoms with E-state index in [1.165, 1.54) is 24.3 Å². The van der Waals surface area contributed by atoms with Gasteiger partial charge in [0.25, 0.3) is 5.91 Å². The van der Waals surface area contributed by atoms with Gasteiger partial charge >= 0.3 is 0 Å². The zero-order valence-corrected chi connectivity index (χ0v) is 11.7. The summed E-state index contributed by atoms with van der Waals surface area (Å²) in [5.41, 5.74) is 0.962. The van der Waals surface area contributed by atoms with Gasteiger partial charge in [0.15, 0.2) is 17.5 Å². The van der Waals surface area contributed by atoms with Gasteiger partial charge in [-0.15, -0.1) is 0 Å². The minimum absolute atomic E-state index is 0.173.